The minimum atomic E-state index is -0.302. The first-order valence-electron chi connectivity index (χ1n) is 8.13. The molecule has 4 heterocycles. The number of hydrogen-bond donors (Lipinski definition) is 0. The number of aromatic nitrogens is 2. The summed E-state index contributed by atoms with van der Waals surface area (Å²) in [5.74, 6) is 0.613. The molecule has 7 heteroatoms. The lowest BCUT2D eigenvalue weighted by molar-refractivity contribution is -0.0454. The molecule has 0 radical (unpaired) electrons. The van der Waals surface area contributed by atoms with Crippen LogP contribution in [0.4, 0.5) is 0 Å². The average Bonchev–Trinajstić information content (AvgIpc) is 3.26. The summed E-state index contributed by atoms with van der Waals surface area (Å²) in [5.41, 5.74) is 1.91. The fourth-order valence-electron chi connectivity index (χ4n) is 3.50. The maximum absolute atomic E-state index is 12.5. The average molecular weight is 345 g/mol. The second kappa shape index (κ2) is 6.49. The highest BCUT2D eigenvalue weighted by Crippen LogP contribution is 2.36. The van der Waals surface area contributed by atoms with Crippen molar-refractivity contribution in [2.45, 2.75) is 31.0 Å². The van der Waals surface area contributed by atoms with Gasteiger partial charge in [-0.1, -0.05) is 6.07 Å². The largest absolute Gasteiger partial charge is 0.472 e. The molecule has 2 aromatic rings. The highest BCUT2D eigenvalue weighted by molar-refractivity contribution is 7.07. The highest BCUT2D eigenvalue weighted by Gasteiger charge is 2.45. The summed E-state index contributed by atoms with van der Waals surface area (Å²) < 4.78 is 12.0. The lowest BCUT2D eigenvalue weighted by Crippen LogP contribution is -2.50. The zero-order valence-corrected chi connectivity index (χ0v) is 14.1. The topological polar surface area (TPSA) is 64.6 Å². The molecule has 0 unspecified atom stereocenters. The Morgan fingerprint density at radius 1 is 1.42 bits per heavy atom. The summed E-state index contributed by atoms with van der Waals surface area (Å²) in [5, 5.41) is 1.80. The van der Waals surface area contributed by atoms with Gasteiger partial charge < -0.3 is 14.4 Å². The van der Waals surface area contributed by atoms with E-state index in [1.807, 2.05) is 23.1 Å². The van der Waals surface area contributed by atoms with Crippen molar-refractivity contribution in [2.75, 3.05) is 19.7 Å². The van der Waals surface area contributed by atoms with E-state index in [2.05, 4.69) is 9.97 Å². The Hall–Kier alpha value is -1.99. The van der Waals surface area contributed by atoms with Gasteiger partial charge in [-0.15, -0.1) is 11.3 Å². The normalized spacial score (nSPS) is 26.7. The zero-order chi connectivity index (χ0) is 16.4. The molecule has 2 aliphatic heterocycles. The molecule has 1 amide bonds. The first-order chi connectivity index (χ1) is 11.7. The number of pyridine rings is 1. The molecule has 1 spiro atoms. The summed E-state index contributed by atoms with van der Waals surface area (Å²) in [6.07, 6.45) is 4.37. The maximum Gasteiger partial charge on any atom is 0.273 e. The Labute approximate surface area is 144 Å². The van der Waals surface area contributed by atoms with E-state index in [9.17, 15) is 4.79 Å². The molecule has 2 saturated heterocycles. The summed E-state index contributed by atoms with van der Waals surface area (Å²) in [4.78, 5) is 22.7. The van der Waals surface area contributed by atoms with Crippen molar-refractivity contribution in [1.82, 2.24) is 14.9 Å². The van der Waals surface area contributed by atoms with Gasteiger partial charge in [-0.3, -0.25) is 4.79 Å². The monoisotopic (exact) mass is 345 g/mol. The van der Waals surface area contributed by atoms with Crippen LogP contribution in [-0.2, 0) is 4.74 Å². The van der Waals surface area contributed by atoms with Gasteiger partial charge in [0.15, 0.2) is 0 Å². The van der Waals surface area contributed by atoms with Crippen LogP contribution in [0, 0.1) is 0 Å². The molecule has 2 atom stereocenters. The standard InChI is InChI=1S/C17H19N3O3S/c21-16(14-10-24-12-19-14)20-7-3-5-17(11-20)8-13(9-22-17)23-15-4-1-2-6-18-15/h1-2,4,6,10,12-13H,3,5,7-9,11H2/t13-,17-/m0/s1. The van der Waals surface area contributed by atoms with Crippen LogP contribution >= 0.6 is 11.3 Å². The van der Waals surface area contributed by atoms with Gasteiger partial charge in [-0.25, -0.2) is 9.97 Å². The molecule has 2 aliphatic rings. The summed E-state index contributed by atoms with van der Waals surface area (Å²) >= 11 is 1.44. The fraction of sp³-hybridized carbons (Fsp3) is 0.471. The van der Waals surface area contributed by atoms with Gasteiger partial charge in [0.25, 0.3) is 5.91 Å². The first kappa shape index (κ1) is 15.5. The molecule has 2 fully saturated rings. The lowest BCUT2D eigenvalue weighted by Gasteiger charge is -2.39. The zero-order valence-electron chi connectivity index (χ0n) is 13.3. The van der Waals surface area contributed by atoms with Crippen LogP contribution in [0.1, 0.15) is 29.8 Å². The third-order valence-corrected chi connectivity index (χ3v) is 5.16. The highest BCUT2D eigenvalue weighted by atomic mass is 32.1. The Morgan fingerprint density at radius 3 is 3.17 bits per heavy atom. The van der Waals surface area contributed by atoms with Gasteiger partial charge in [0.05, 0.1) is 24.3 Å². The molecule has 0 bridgehead atoms. The number of rotatable bonds is 3. The minimum Gasteiger partial charge on any atom is -0.472 e. The van der Waals surface area contributed by atoms with Crippen LogP contribution in [0.15, 0.2) is 35.3 Å². The molecule has 4 rings (SSSR count). The van der Waals surface area contributed by atoms with E-state index in [1.165, 1.54) is 11.3 Å². The number of hydrogen-bond acceptors (Lipinski definition) is 6. The van der Waals surface area contributed by atoms with Crippen molar-refractivity contribution in [3.8, 4) is 5.88 Å². The number of piperidine rings is 1. The maximum atomic E-state index is 12.5. The Bertz CT molecular complexity index is 694. The van der Waals surface area contributed by atoms with E-state index >= 15 is 0 Å². The molecule has 6 nitrogen and oxygen atoms in total. The molecular weight excluding hydrogens is 326 g/mol. The molecule has 24 heavy (non-hydrogen) atoms. The van der Waals surface area contributed by atoms with Crippen LogP contribution in [0.2, 0.25) is 0 Å². The van der Waals surface area contributed by atoms with Crippen LogP contribution in [0.5, 0.6) is 5.88 Å². The third kappa shape index (κ3) is 3.14. The number of nitrogens with zero attached hydrogens (tertiary/aromatic N) is 3. The summed E-state index contributed by atoms with van der Waals surface area (Å²) in [6, 6.07) is 5.62. The number of amides is 1. The predicted octanol–water partition coefficient (Wildman–Crippen LogP) is 2.38. The minimum absolute atomic E-state index is 0.00646. The van der Waals surface area contributed by atoms with Crippen LogP contribution in [0.25, 0.3) is 0 Å². The second-order valence-corrected chi connectivity index (χ2v) is 7.03. The van der Waals surface area contributed by atoms with Crippen LogP contribution in [-0.4, -0.2) is 52.2 Å². The van der Waals surface area contributed by atoms with Gasteiger partial charge in [-0.05, 0) is 18.9 Å². The van der Waals surface area contributed by atoms with Gasteiger partial charge in [0.2, 0.25) is 5.88 Å². The fourth-order valence-corrected chi connectivity index (χ4v) is 4.03. The Kier molecular flexibility index (Phi) is 4.20. The van der Waals surface area contributed by atoms with E-state index in [-0.39, 0.29) is 17.6 Å². The molecular formula is C17H19N3O3S. The van der Waals surface area contributed by atoms with Crippen LogP contribution < -0.4 is 4.74 Å². The number of ether oxygens (including phenoxy) is 2. The molecule has 2 aromatic heterocycles. The van der Waals surface area contributed by atoms with Crippen molar-refractivity contribution < 1.29 is 14.3 Å². The predicted molar refractivity (Wildman–Crippen MR) is 89.2 cm³/mol. The van der Waals surface area contributed by atoms with E-state index in [0.29, 0.717) is 24.7 Å². The smallest absolute Gasteiger partial charge is 0.273 e. The van der Waals surface area contributed by atoms with Gasteiger partial charge in [0.1, 0.15) is 11.8 Å². The van der Waals surface area contributed by atoms with Gasteiger partial charge >= 0.3 is 0 Å². The number of likely N-dealkylation sites (tertiary alicyclic amines) is 1. The Balaban J connectivity index is 1.41. The van der Waals surface area contributed by atoms with E-state index in [4.69, 9.17) is 9.47 Å². The first-order valence-corrected chi connectivity index (χ1v) is 9.08. The quantitative estimate of drug-likeness (QED) is 0.855. The van der Waals surface area contributed by atoms with Crippen molar-refractivity contribution in [2.24, 2.45) is 0 Å². The molecule has 0 aromatic carbocycles. The SMILES string of the molecule is O=C(c1cscn1)N1CCC[C@]2(C[C@H](Oc3ccccn3)CO2)C1. The number of carbonyl (C=O) groups excluding carboxylic acids is 1. The van der Waals surface area contributed by atoms with Crippen molar-refractivity contribution in [1.29, 1.82) is 0 Å². The van der Waals surface area contributed by atoms with Gasteiger partial charge in [-0.2, -0.15) is 0 Å². The van der Waals surface area contributed by atoms with Crippen molar-refractivity contribution >= 4 is 17.2 Å². The van der Waals surface area contributed by atoms with Crippen LogP contribution in [0.3, 0.4) is 0 Å². The van der Waals surface area contributed by atoms with Gasteiger partial charge in [0, 0.05) is 30.6 Å². The lowest BCUT2D eigenvalue weighted by atomic mass is 9.89. The van der Waals surface area contributed by atoms with E-state index in [1.54, 1.807) is 17.1 Å². The summed E-state index contributed by atoms with van der Waals surface area (Å²) in [7, 11) is 0. The van der Waals surface area contributed by atoms with Crippen molar-refractivity contribution in [3.63, 3.8) is 0 Å². The molecule has 0 N–H and O–H groups in total. The van der Waals surface area contributed by atoms with Crippen molar-refractivity contribution in [3.05, 3.63) is 41.0 Å². The molecule has 0 aliphatic carbocycles. The number of thiazole rings is 1. The second-order valence-electron chi connectivity index (χ2n) is 6.31. The molecule has 0 saturated carbocycles. The molecule has 126 valence electrons. The summed E-state index contributed by atoms with van der Waals surface area (Å²) in [6.45, 7) is 1.90. The van der Waals surface area contributed by atoms with E-state index in [0.717, 1.165) is 25.8 Å². The number of carbonyl (C=O) groups is 1. The third-order valence-electron chi connectivity index (χ3n) is 4.58. The van der Waals surface area contributed by atoms with E-state index < -0.39 is 0 Å². The Morgan fingerprint density at radius 2 is 2.38 bits per heavy atom.